The minimum atomic E-state index is -0.318. The van der Waals surface area contributed by atoms with E-state index in [0.717, 1.165) is 31.5 Å². The summed E-state index contributed by atoms with van der Waals surface area (Å²) in [5.41, 5.74) is 0.841. The van der Waals surface area contributed by atoms with Crippen molar-refractivity contribution in [3.63, 3.8) is 0 Å². The summed E-state index contributed by atoms with van der Waals surface area (Å²) in [6, 6.07) is 1.87. The smallest absolute Gasteiger partial charge is 0.248 e. The standard InChI is InChI=1S/C15H22FN3O2/c1-11(12-7-13(16)9-17-8-12)18-14-3-5-19(6-4-14)15(20)10-21-2/h7-9,11,14,18H,3-6,10H2,1-2H3. The van der Waals surface area contributed by atoms with Crippen molar-refractivity contribution in [1.29, 1.82) is 0 Å². The molecule has 0 aromatic carbocycles. The highest BCUT2D eigenvalue weighted by molar-refractivity contribution is 5.77. The number of rotatable bonds is 5. The Morgan fingerprint density at radius 1 is 1.52 bits per heavy atom. The van der Waals surface area contributed by atoms with Gasteiger partial charge in [-0.1, -0.05) is 0 Å². The van der Waals surface area contributed by atoms with E-state index in [0.29, 0.717) is 6.04 Å². The van der Waals surface area contributed by atoms with Gasteiger partial charge < -0.3 is 15.0 Å². The summed E-state index contributed by atoms with van der Waals surface area (Å²) in [4.78, 5) is 17.4. The number of halogens is 1. The number of likely N-dealkylation sites (tertiary alicyclic amines) is 1. The fourth-order valence-electron chi connectivity index (χ4n) is 2.63. The largest absolute Gasteiger partial charge is 0.375 e. The number of carbonyl (C=O) groups is 1. The lowest BCUT2D eigenvalue weighted by molar-refractivity contribution is -0.136. The Labute approximate surface area is 124 Å². The van der Waals surface area contributed by atoms with Crippen LogP contribution >= 0.6 is 0 Å². The maximum Gasteiger partial charge on any atom is 0.248 e. The Morgan fingerprint density at radius 2 is 2.24 bits per heavy atom. The summed E-state index contributed by atoms with van der Waals surface area (Å²) in [5.74, 6) is -0.278. The first-order chi connectivity index (χ1) is 10.1. The van der Waals surface area contributed by atoms with Gasteiger partial charge in [-0.05, 0) is 31.4 Å². The van der Waals surface area contributed by atoms with Crippen LogP contribution in [0.3, 0.4) is 0 Å². The number of nitrogens with zero attached hydrogens (tertiary/aromatic N) is 2. The van der Waals surface area contributed by atoms with Crippen molar-refractivity contribution in [1.82, 2.24) is 15.2 Å². The van der Waals surface area contributed by atoms with E-state index in [4.69, 9.17) is 4.74 Å². The van der Waals surface area contributed by atoms with Crippen molar-refractivity contribution in [2.24, 2.45) is 0 Å². The third kappa shape index (κ3) is 4.47. The van der Waals surface area contributed by atoms with Gasteiger partial charge in [-0.2, -0.15) is 0 Å². The van der Waals surface area contributed by atoms with Crippen LogP contribution in [0, 0.1) is 5.82 Å². The zero-order chi connectivity index (χ0) is 15.2. The molecular formula is C15H22FN3O2. The summed E-state index contributed by atoms with van der Waals surface area (Å²) in [5, 5.41) is 3.48. The van der Waals surface area contributed by atoms with Gasteiger partial charge in [-0.3, -0.25) is 9.78 Å². The first kappa shape index (κ1) is 15.9. The van der Waals surface area contributed by atoms with E-state index in [1.807, 2.05) is 11.8 Å². The molecule has 5 nitrogen and oxygen atoms in total. The van der Waals surface area contributed by atoms with Gasteiger partial charge in [0.1, 0.15) is 12.4 Å². The van der Waals surface area contributed by atoms with Gasteiger partial charge in [0.15, 0.2) is 0 Å². The number of pyridine rings is 1. The Bertz CT molecular complexity index is 476. The summed E-state index contributed by atoms with van der Waals surface area (Å²) in [6.07, 6.45) is 4.67. The van der Waals surface area contributed by atoms with Gasteiger partial charge in [0.05, 0.1) is 6.20 Å². The average molecular weight is 295 g/mol. The molecule has 2 heterocycles. The molecular weight excluding hydrogens is 273 g/mol. The minimum Gasteiger partial charge on any atom is -0.375 e. The molecule has 1 N–H and O–H groups in total. The van der Waals surface area contributed by atoms with Crippen molar-refractivity contribution in [2.45, 2.75) is 31.8 Å². The lowest BCUT2D eigenvalue weighted by Crippen LogP contribution is -2.46. The number of piperidine rings is 1. The number of hydrogen-bond donors (Lipinski definition) is 1. The molecule has 0 saturated carbocycles. The third-order valence-corrected chi connectivity index (χ3v) is 3.83. The maximum absolute atomic E-state index is 13.2. The van der Waals surface area contributed by atoms with Gasteiger partial charge in [0.25, 0.3) is 0 Å². The number of aromatic nitrogens is 1. The molecule has 1 aromatic heterocycles. The average Bonchev–Trinajstić information content (AvgIpc) is 2.48. The van der Waals surface area contributed by atoms with Crippen molar-refractivity contribution in [3.8, 4) is 0 Å². The van der Waals surface area contributed by atoms with E-state index in [2.05, 4.69) is 10.3 Å². The van der Waals surface area contributed by atoms with Crippen LogP contribution in [0.2, 0.25) is 0 Å². The fourth-order valence-corrected chi connectivity index (χ4v) is 2.63. The molecule has 1 amide bonds. The van der Waals surface area contributed by atoms with Crippen molar-refractivity contribution in [3.05, 3.63) is 29.8 Å². The van der Waals surface area contributed by atoms with E-state index >= 15 is 0 Å². The van der Waals surface area contributed by atoms with E-state index in [1.165, 1.54) is 19.4 Å². The summed E-state index contributed by atoms with van der Waals surface area (Å²) in [6.45, 7) is 3.60. The molecule has 1 aliphatic rings. The summed E-state index contributed by atoms with van der Waals surface area (Å²) < 4.78 is 18.0. The van der Waals surface area contributed by atoms with E-state index < -0.39 is 0 Å². The minimum absolute atomic E-state index is 0.0401. The monoisotopic (exact) mass is 295 g/mol. The van der Waals surface area contributed by atoms with Crippen LogP contribution in [-0.4, -0.2) is 48.6 Å². The van der Waals surface area contributed by atoms with Crippen LogP contribution in [0.4, 0.5) is 4.39 Å². The van der Waals surface area contributed by atoms with Crippen LogP contribution in [0.5, 0.6) is 0 Å². The first-order valence-electron chi connectivity index (χ1n) is 7.23. The zero-order valence-corrected chi connectivity index (χ0v) is 12.5. The summed E-state index contributed by atoms with van der Waals surface area (Å²) >= 11 is 0. The van der Waals surface area contributed by atoms with Gasteiger partial charge in [-0.25, -0.2) is 4.39 Å². The lowest BCUT2D eigenvalue weighted by atomic mass is 10.0. The SMILES string of the molecule is COCC(=O)N1CCC(NC(C)c2cncc(F)c2)CC1. The molecule has 21 heavy (non-hydrogen) atoms. The zero-order valence-electron chi connectivity index (χ0n) is 12.5. The number of nitrogens with one attached hydrogen (secondary N) is 1. The Kier molecular flexibility index (Phi) is 5.64. The normalized spacial score (nSPS) is 17.8. The quantitative estimate of drug-likeness (QED) is 0.894. The second-order valence-electron chi connectivity index (χ2n) is 5.41. The number of hydrogen-bond acceptors (Lipinski definition) is 4. The van der Waals surface area contributed by atoms with Crippen LogP contribution < -0.4 is 5.32 Å². The molecule has 116 valence electrons. The van der Waals surface area contributed by atoms with Crippen molar-refractivity contribution in [2.75, 3.05) is 26.8 Å². The molecule has 1 fully saturated rings. The van der Waals surface area contributed by atoms with Crippen molar-refractivity contribution < 1.29 is 13.9 Å². The maximum atomic E-state index is 13.2. The molecule has 1 aliphatic heterocycles. The molecule has 0 radical (unpaired) electrons. The third-order valence-electron chi connectivity index (χ3n) is 3.83. The van der Waals surface area contributed by atoms with E-state index in [-0.39, 0.29) is 24.4 Å². The first-order valence-corrected chi connectivity index (χ1v) is 7.23. The van der Waals surface area contributed by atoms with E-state index in [1.54, 1.807) is 6.20 Å². The number of methoxy groups -OCH3 is 1. The highest BCUT2D eigenvalue weighted by Crippen LogP contribution is 2.17. The number of carbonyl (C=O) groups excluding carboxylic acids is 1. The molecule has 1 unspecified atom stereocenters. The molecule has 0 aliphatic carbocycles. The fraction of sp³-hybridized carbons (Fsp3) is 0.600. The highest BCUT2D eigenvalue weighted by Gasteiger charge is 2.23. The molecule has 1 atom stereocenters. The Morgan fingerprint density at radius 3 is 2.86 bits per heavy atom. The van der Waals surface area contributed by atoms with Gasteiger partial charge >= 0.3 is 0 Å². The predicted molar refractivity (Wildman–Crippen MR) is 77.2 cm³/mol. The van der Waals surface area contributed by atoms with Gasteiger partial charge in [0.2, 0.25) is 5.91 Å². The van der Waals surface area contributed by atoms with Crippen LogP contribution in [0.25, 0.3) is 0 Å². The second-order valence-corrected chi connectivity index (χ2v) is 5.41. The topological polar surface area (TPSA) is 54.5 Å². The number of ether oxygens (including phenoxy) is 1. The molecule has 0 spiro atoms. The lowest BCUT2D eigenvalue weighted by Gasteiger charge is -2.34. The van der Waals surface area contributed by atoms with Gasteiger partial charge in [-0.15, -0.1) is 0 Å². The number of amides is 1. The van der Waals surface area contributed by atoms with Crippen LogP contribution in [0.1, 0.15) is 31.4 Å². The highest BCUT2D eigenvalue weighted by atomic mass is 19.1. The molecule has 6 heteroatoms. The molecule has 0 bridgehead atoms. The van der Waals surface area contributed by atoms with Crippen LogP contribution in [-0.2, 0) is 9.53 Å². The van der Waals surface area contributed by atoms with Gasteiger partial charge in [0, 0.05) is 38.5 Å². The second kappa shape index (κ2) is 7.47. The van der Waals surface area contributed by atoms with E-state index in [9.17, 15) is 9.18 Å². The predicted octanol–water partition coefficient (Wildman–Crippen LogP) is 1.51. The molecule has 1 saturated heterocycles. The van der Waals surface area contributed by atoms with Crippen LogP contribution in [0.15, 0.2) is 18.5 Å². The Hall–Kier alpha value is -1.53. The Balaban J connectivity index is 1.82. The molecule has 1 aromatic rings. The summed E-state index contributed by atoms with van der Waals surface area (Å²) in [7, 11) is 1.53. The van der Waals surface area contributed by atoms with Crippen molar-refractivity contribution >= 4 is 5.91 Å². The molecule has 2 rings (SSSR count).